The van der Waals surface area contributed by atoms with Crippen LogP contribution in [-0.4, -0.2) is 0 Å². The highest BCUT2D eigenvalue weighted by atomic mass is 16.3. The molecule has 0 amide bonds. The number of nitrogens with zero attached hydrogens (tertiary/aromatic N) is 2. The van der Waals surface area contributed by atoms with E-state index in [0.29, 0.717) is 6.04 Å². The van der Waals surface area contributed by atoms with Crippen LogP contribution in [0.1, 0.15) is 23.1 Å². The van der Waals surface area contributed by atoms with E-state index in [9.17, 15) is 0 Å². The van der Waals surface area contributed by atoms with Crippen molar-refractivity contribution >= 4 is 27.6 Å². The topological polar surface area (TPSA) is 20.9 Å². The zero-order valence-corrected chi connectivity index (χ0v) is 19.9. The number of aryl methyl sites for hydroxylation is 1. The molecule has 1 aliphatic heterocycles. The Kier molecular flexibility index (Phi) is 3.98. The van der Waals surface area contributed by atoms with E-state index in [-0.39, 0.29) is 5.92 Å². The fourth-order valence-corrected chi connectivity index (χ4v) is 6.19. The molecule has 0 N–H and O–H groups in total. The Hall–Kier alpha value is -4.50. The number of hydrogen-bond acceptors (Lipinski definition) is 1. The van der Waals surface area contributed by atoms with Gasteiger partial charge >= 0.3 is 0 Å². The summed E-state index contributed by atoms with van der Waals surface area (Å²) < 4.78 is 11.2. The van der Waals surface area contributed by atoms with E-state index >= 15 is 0 Å². The van der Waals surface area contributed by atoms with Gasteiger partial charge in [-0.2, -0.15) is 9.13 Å². The average Bonchev–Trinajstić information content (AvgIpc) is 3.26. The summed E-state index contributed by atoms with van der Waals surface area (Å²) in [6.07, 6.45) is 6.94. The Balaban J connectivity index is 1.42. The van der Waals surface area contributed by atoms with Crippen molar-refractivity contribution in [3.05, 3.63) is 127 Å². The number of allylic oxidation sites excluding steroid dienone is 2. The second kappa shape index (κ2) is 7.25. The molecule has 2 aliphatic rings. The van der Waals surface area contributed by atoms with Crippen LogP contribution in [0.5, 0.6) is 0 Å². The Morgan fingerprint density at radius 1 is 0.694 bits per heavy atom. The van der Waals surface area contributed by atoms with Gasteiger partial charge in [0, 0.05) is 23.1 Å². The molecule has 36 heavy (non-hydrogen) atoms. The second-order valence-corrected chi connectivity index (χ2v) is 9.86. The molecule has 1 aliphatic carbocycles. The summed E-state index contributed by atoms with van der Waals surface area (Å²) in [6, 6.07) is 34.9. The molecule has 2 atom stereocenters. The van der Waals surface area contributed by atoms with E-state index in [1.54, 1.807) is 0 Å². The summed E-state index contributed by atoms with van der Waals surface area (Å²) in [5.41, 5.74) is 10.8. The minimum atomic E-state index is 0.282. The van der Waals surface area contributed by atoms with Crippen molar-refractivity contribution in [2.75, 3.05) is 0 Å². The molecule has 0 saturated heterocycles. The molecule has 0 saturated carbocycles. The van der Waals surface area contributed by atoms with E-state index in [1.165, 1.54) is 33.6 Å². The van der Waals surface area contributed by atoms with Crippen LogP contribution in [0.25, 0.3) is 50.2 Å². The van der Waals surface area contributed by atoms with Gasteiger partial charge in [0.2, 0.25) is 17.1 Å². The lowest BCUT2D eigenvalue weighted by atomic mass is 9.73. The van der Waals surface area contributed by atoms with Gasteiger partial charge in [-0.25, -0.2) is 0 Å². The number of furan rings is 1. The second-order valence-electron chi connectivity index (χ2n) is 9.86. The first-order valence-electron chi connectivity index (χ1n) is 12.5. The maximum atomic E-state index is 6.31. The Labute approximate surface area is 209 Å². The van der Waals surface area contributed by atoms with Crippen LogP contribution in [0, 0.1) is 6.92 Å². The van der Waals surface area contributed by atoms with Crippen LogP contribution in [0.4, 0.5) is 0 Å². The molecule has 3 heteroatoms. The number of aromatic nitrogens is 2. The summed E-state index contributed by atoms with van der Waals surface area (Å²) >= 11 is 0. The molecule has 8 rings (SSSR count). The normalized spacial score (nSPS) is 17.8. The van der Waals surface area contributed by atoms with Gasteiger partial charge in [-0.3, -0.25) is 0 Å². The summed E-state index contributed by atoms with van der Waals surface area (Å²) in [6.45, 7) is 2.18. The predicted octanol–water partition coefficient (Wildman–Crippen LogP) is 7.00. The lowest BCUT2D eigenvalue weighted by molar-refractivity contribution is -0.715. The number of fused-ring (bicyclic) bond motifs is 9. The van der Waals surface area contributed by atoms with Crippen LogP contribution in [0.3, 0.4) is 0 Å². The van der Waals surface area contributed by atoms with Gasteiger partial charge in [0.25, 0.3) is 0 Å². The molecule has 0 spiro atoms. The molecule has 170 valence electrons. The highest BCUT2D eigenvalue weighted by Crippen LogP contribution is 2.49. The maximum absolute atomic E-state index is 6.31. The fraction of sp³-hybridized carbons (Fsp3) is 0.0909. The Morgan fingerprint density at radius 3 is 2.39 bits per heavy atom. The third kappa shape index (κ3) is 2.63. The van der Waals surface area contributed by atoms with Crippen molar-refractivity contribution in [1.29, 1.82) is 0 Å². The summed E-state index contributed by atoms with van der Waals surface area (Å²) in [5.74, 6) is 0.282. The van der Waals surface area contributed by atoms with E-state index in [4.69, 9.17) is 4.42 Å². The molecule has 3 aromatic carbocycles. The van der Waals surface area contributed by atoms with Gasteiger partial charge < -0.3 is 4.42 Å². The minimum Gasteiger partial charge on any atom is -0.456 e. The SMILES string of the molecule is Cc1ccccc1-c1cc2oc3ccccc3c2c[n+]1C1=CC2C1c1ccccc1-c1cccc[n+]12. The van der Waals surface area contributed by atoms with Gasteiger partial charge in [0.1, 0.15) is 17.1 Å². The summed E-state index contributed by atoms with van der Waals surface area (Å²) in [4.78, 5) is 0. The molecule has 0 radical (unpaired) electrons. The van der Waals surface area contributed by atoms with Crippen molar-refractivity contribution in [3.63, 3.8) is 0 Å². The van der Waals surface area contributed by atoms with E-state index in [1.807, 2.05) is 6.07 Å². The Morgan fingerprint density at radius 2 is 1.47 bits per heavy atom. The van der Waals surface area contributed by atoms with Crippen molar-refractivity contribution in [1.82, 2.24) is 0 Å². The van der Waals surface area contributed by atoms with Gasteiger partial charge in [0.05, 0.1) is 23.1 Å². The highest BCUT2D eigenvalue weighted by molar-refractivity contribution is 6.04. The molecular formula is C33H24N2O+2. The van der Waals surface area contributed by atoms with Crippen LogP contribution >= 0.6 is 0 Å². The quantitative estimate of drug-likeness (QED) is 0.253. The van der Waals surface area contributed by atoms with E-state index < -0.39 is 0 Å². The van der Waals surface area contributed by atoms with Gasteiger partial charge in [-0.15, -0.1) is 0 Å². The summed E-state index contributed by atoms with van der Waals surface area (Å²) in [7, 11) is 0. The summed E-state index contributed by atoms with van der Waals surface area (Å²) in [5, 5.41) is 2.29. The molecule has 0 bridgehead atoms. The van der Waals surface area contributed by atoms with Crippen molar-refractivity contribution in [2.24, 2.45) is 0 Å². The van der Waals surface area contributed by atoms with Crippen LogP contribution < -0.4 is 9.13 Å². The molecule has 6 aromatic rings. The van der Waals surface area contributed by atoms with E-state index in [0.717, 1.165) is 27.6 Å². The Bertz CT molecular complexity index is 1880. The highest BCUT2D eigenvalue weighted by Gasteiger charge is 2.52. The van der Waals surface area contributed by atoms with Crippen molar-refractivity contribution in [3.8, 4) is 22.5 Å². The first-order chi connectivity index (χ1) is 17.8. The number of hydrogen-bond donors (Lipinski definition) is 0. The van der Waals surface area contributed by atoms with Gasteiger partial charge in [0.15, 0.2) is 18.4 Å². The fourth-order valence-electron chi connectivity index (χ4n) is 6.19. The molecule has 4 heterocycles. The predicted molar refractivity (Wildman–Crippen MR) is 142 cm³/mol. The third-order valence-electron chi connectivity index (χ3n) is 7.93. The van der Waals surface area contributed by atoms with E-state index in [2.05, 4.69) is 126 Å². The largest absolute Gasteiger partial charge is 0.456 e. The van der Waals surface area contributed by atoms with Gasteiger partial charge in [-0.05, 0) is 42.3 Å². The molecule has 3 aromatic heterocycles. The lowest BCUT2D eigenvalue weighted by Crippen LogP contribution is -2.55. The third-order valence-corrected chi connectivity index (χ3v) is 7.93. The molecule has 3 nitrogen and oxygen atoms in total. The average molecular weight is 465 g/mol. The molecule has 2 unspecified atom stereocenters. The first-order valence-corrected chi connectivity index (χ1v) is 12.5. The van der Waals surface area contributed by atoms with Crippen molar-refractivity contribution in [2.45, 2.75) is 18.9 Å². The number of benzene rings is 3. The number of para-hydroxylation sites is 1. The zero-order chi connectivity index (χ0) is 23.8. The minimum absolute atomic E-state index is 0.282. The lowest BCUT2D eigenvalue weighted by Gasteiger charge is -2.33. The van der Waals surface area contributed by atoms with Crippen LogP contribution in [-0.2, 0) is 0 Å². The van der Waals surface area contributed by atoms with Gasteiger partial charge in [-0.1, -0.05) is 54.6 Å². The molecule has 0 fully saturated rings. The van der Waals surface area contributed by atoms with Crippen molar-refractivity contribution < 1.29 is 13.6 Å². The van der Waals surface area contributed by atoms with Crippen LogP contribution in [0.15, 0.2) is 120 Å². The smallest absolute Gasteiger partial charge is 0.222 e. The molecular weight excluding hydrogens is 440 g/mol. The maximum Gasteiger partial charge on any atom is 0.222 e. The standard InChI is InChI=1S/C33H24N2O/c1-21-10-2-3-11-22(21)28-19-32-26(24-13-6-7-16-31(24)36-32)20-35(28)30-18-29-33(30)25-14-5-4-12-23(25)27-15-8-9-17-34(27)29/h2-20,29,33H,1H3/q+2. The number of pyridine rings is 2. The number of rotatable bonds is 2. The monoisotopic (exact) mass is 464 g/mol. The first kappa shape index (κ1) is 19.8. The van der Waals surface area contributed by atoms with Crippen LogP contribution in [0.2, 0.25) is 0 Å². The zero-order valence-electron chi connectivity index (χ0n) is 19.9.